The third-order valence-corrected chi connectivity index (χ3v) is 2.42. The lowest BCUT2D eigenvalue weighted by Crippen LogP contribution is -2.35. The Morgan fingerprint density at radius 3 is 2.47 bits per heavy atom. The highest BCUT2D eigenvalue weighted by atomic mass is 35.5. The van der Waals surface area contributed by atoms with E-state index in [1.165, 1.54) is 0 Å². The summed E-state index contributed by atoms with van der Waals surface area (Å²) in [6.07, 6.45) is 0. The van der Waals surface area contributed by atoms with Crippen LogP contribution in [0, 0.1) is 0 Å². The minimum Gasteiger partial charge on any atom is -0.389 e. The van der Waals surface area contributed by atoms with Crippen LogP contribution in [0.15, 0.2) is 24.3 Å². The summed E-state index contributed by atoms with van der Waals surface area (Å²) in [7, 11) is 1.97. The zero-order chi connectivity index (χ0) is 11.5. The van der Waals surface area contributed by atoms with E-state index in [4.69, 9.17) is 11.6 Å². The molecule has 0 bridgehead atoms. The largest absolute Gasteiger partial charge is 0.389 e. The summed E-state index contributed by atoms with van der Waals surface area (Å²) < 4.78 is 0. The minimum atomic E-state index is -0.671. The molecule has 0 spiro atoms. The Morgan fingerprint density at radius 1 is 1.33 bits per heavy atom. The first-order chi connectivity index (χ1) is 6.88. The normalized spacial score (nSPS) is 12.1. The predicted molar refractivity (Wildman–Crippen MR) is 64.1 cm³/mol. The second kappa shape index (κ2) is 4.97. The van der Waals surface area contributed by atoms with Crippen LogP contribution in [0.1, 0.15) is 19.4 Å². The number of likely N-dealkylation sites (N-methyl/N-ethyl adjacent to an activating group) is 1. The van der Waals surface area contributed by atoms with Gasteiger partial charge in [-0.1, -0.05) is 29.8 Å². The molecule has 3 heteroatoms. The molecule has 1 aromatic rings. The van der Waals surface area contributed by atoms with Crippen molar-refractivity contribution >= 4 is 11.6 Å². The van der Waals surface area contributed by atoms with Gasteiger partial charge in [-0.3, -0.25) is 4.90 Å². The van der Waals surface area contributed by atoms with Gasteiger partial charge in [-0.25, -0.2) is 0 Å². The highest BCUT2D eigenvalue weighted by Gasteiger charge is 2.15. The molecule has 0 saturated carbocycles. The predicted octanol–water partition coefficient (Wildman–Crippen LogP) is 2.54. The van der Waals surface area contributed by atoms with Crippen molar-refractivity contribution in [2.75, 3.05) is 13.6 Å². The summed E-state index contributed by atoms with van der Waals surface area (Å²) in [6, 6.07) is 7.78. The summed E-state index contributed by atoms with van der Waals surface area (Å²) in [5, 5.41) is 10.4. The van der Waals surface area contributed by atoms with E-state index in [0.29, 0.717) is 6.54 Å². The van der Waals surface area contributed by atoms with Gasteiger partial charge in [0.1, 0.15) is 0 Å². The fraction of sp³-hybridized carbons (Fsp3) is 0.500. The number of benzene rings is 1. The lowest BCUT2D eigenvalue weighted by atomic mass is 10.1. The summed E-state index contributed by atoms with van der Waals surface area (Å²) in [6.45, 7) is 4.98. The smallest absolute Gasteiger partial charge is 0.0718 e. The maximum Gasteiger partial charge on any atom is 0.0718 e. The molecular weight excluding hydrogens is 210 g/mol. The van der Waals surface area contributed by atoms with E-state index in [1.54, 1.807) is 13.8 Å². The standard InChI is InChI=1S/C12H18ClNO/c1-12(2,15)9-14(3)8-10-6-4-5-7-11(10)13/h4-7,15H,8-9H2,1-3H3. The van der Waals surface area contributed by atoms with Gasteiger partial charge in [-0.2, -0.15) is 0 Å². The first-order valence-electron chi connectivity index (χ1n) is 5.03. The molecule has 0 aliphatic carbocycles. The lowest BCUT2D eigenvalue weighted by Gasteiger charge is -2.25. The van der Waals surface area contributed by atoms with E-state index < -0.39 is 5.60 Å². The Kier molecular flexibility index (Phi) is 4.14. The molecule has 0 amide bonds. The molecule has 0 unspecified atom stereocenters. The molecule has 84 valence electrons. The van der Waals surface area contributed by atoms with Gasteiger partial charge in [0.25, 0.3) is 0 Å². The highest BCUT2D eigenvalue weighted by molar-refractivity contribution is 6.31. The van der Waals surface area contributed by atoms with Crippen molar-refractivity contribution in [3.05, 3.63) is 34.9 Å². The SMILES string of the molecule is CN(Cc1ccccc1Cl)CC(C)(C)O. The van der Waals surface area contributed by atoms with Crippen LogP contribution in [0.4, 0.5) is 0 Å². The number of nitrogens with zero attached hydrogens (tertiary/aromatic N) is 1. The van der Waals surface area contributed by atoms with Crippen LogP contribution in [0.3, 0.4) is 0 Å². The van der Waals surface area contributed by atoms with E-state index in [1.807, 2.05) is 31.3 Å². The maximum atomic E-state index is 9.66. The van der Waals surface area contributed by atoms with Crippen molar-refractivity contribution in [2.24, 2.45) is 0 Å². The minimum absolute atomic E-state index is 0.623. The second-order valence-electron chi connectivity index (χ2n) is 4.58. The van der Waals surface area contributed by atoms with Crippen molar-refractivity contribution in [2.45, 2.75) is 26.0 Å². The van der Waals surface area contributed by atoms with E-state index >= 15 is 0 Å². The molecule has 0 saturated heterocycles. The van der Waals surface area contributed by atoms with E-state index in [0.717, 1.165) is 17.1 Å². The Bertz CT molecular complexity index is 320. The quantitative estimate of drug-likeness (QED) is 0.855. The van der Waals surface area contributed by atoms with Crippen LogP contribution in [-0.2, 0) is 6.54 Å². The zero-order valence-electron chi connectivity index (χ0n) is 9.50. The molecule has 0 heterocycles. The molecular formula is C12H18ClNO. The molecule has 0 aliphatic rings. The molecule has 1 rings (SSSR count). The first-order valence-corrected chi connectivity index (χ1v) is 5.40. The highest BCUT2D eigenvalue weighted by Crippen LogP contribution is 2.17. The molecule has 0 atom stereocenters. The summed E-state index contributed by atoms with van der Waals surface area (Å²) in [4.78, 5) is 2.06. The summed E-state index contributed by atoms with van der Waals surface area (Å²) in [5.41, 5.74) is 0.418. The first kappa shape index (κ1) is 12.5. The van der Waals surface area contributed by atoms with Crippen LogP contribution in [0.25, 0.3) is 0 Å². The van der Waals surface area contributed by atoms with E-state index in [2.05, 4.69) is 4.90 Å². The number of rotatable bonds is 4. The van der Waals surface area contributed by atoms with Gasteiger partial charge in [0.05, 0.1) is 5.60 Å². The van der Waals surface area contributed by atoms with Crippen molar-refractivity contribution in [1.29, 1.82) is 0 Å². The Morgan fingerprint density at radius 2 is 1.93 bits per heavy atom. The fourth-order valence-corrected chi connectivity index (χ4v) is 1.83. The van der Waals surface area contributed by atoms with Gasteiger partial charge in [-0.05, 0) is 32.5 Å². The van der Waals surface area contributed by atoms with Gasteiger partial charge in [0, 0.05) is 18.1 Å². The van der Waals surface area contributed by atoms with Crippen molar-refractivity contribution in [1.82, 2.24) is 4.90 Å². The average Bonchev–Trinajstić information content (AvgIpc) is 2.05. The van der Waals surface area contributed by atoms with Crippen LogP contribution >= 0.6 is 11.6 Å². The van der Waals surface area contributed by atoms with Gasteiger partial charge in [0.2, 0.25) is 0 Å². The lowest BCUT2D eigenvalue weighted by molar-refractivity contribution is 0.0425. The molecule has 0 radical (unpaired) electrons. The molecule has 0 fully saturated rings. The fourth-order valence-electron chi connectivity index (χ4n) is 1.63. The van der Waals surface area contributed by atoms with Gasteiger partial charge in [-0.15, -0.1) is 0 Å². The molecule has 1 N–H and O–H groups in total. The van der Waals surface area contributed by atoms with Crippen molar-refractivity contribution < 1.29 is 5.11 Å². The molecule has 1 aromatic carbocycles. The molecule has 0 aromatic heterocycles. The number of hydrogen-bond acceptors (Lipinski definition) is 2. The van der Waals surface area contributed by atoms with Crippen molar-refractivity contribution in [3.63, 3.8) is 0 Å². The maximum absolute atomic E-state index is 9.66. The second-order valence-corrected chi connectivity index (χ2v) is 4.98. The van der Waals surface area contributed by atoms with Gasteiger partial charge in [0.15, 0.2) is 0 Å². The zero-order valence-corrected chi connectivity index (χ0v) is 10.3. The van der Waals surface area contributed by atoms with E-state index in [9.17, 15) is 5.11 Å². The number of aliphatic hydroxyl groups is 1. The third kappa shape index (κ3) is 4.65. The average molecular weight is 228 g/mol. The van der Waals surface area contributed by atoms with E-state index in [-0.39, 0.29) is 0 Å². The summed E-state index contributed by atoms with van der Waals surface area (Å²) in [5.74, 6) is 0. The summed E-state index contributed by atoms with van der Waals surface area (Å²) >= 11 is 6.05. The molecule has 0 aliphatic heterocycles. The monoisotopic (exact) mass is 227 g/mol. The van der Waals surface area contributed by atoms with Crippen LogP contribution < -0.4 is 0 Å². The topological polar surface area (TPSA) is 23.5 Å². The molecule has 2 nitrogen and oxygen atoms in total. The Labute approximate surface area is 96.5 Å². The molecule has 15 heavy (non-hydrogen) atoms. The van der Waals surface area contributed by atoms with Gasteiger partial charge < -0.3 is 5.11 Å². The Hall–Kier alpha value is -0.570. The number of hydrogen-bond donors (Lipinski definition) is 1. The Balaban J connectivity index is 2.59. The van der Waals surface area contributed by atoms with Crippen LogP contribution in [0.5, 0.6) is 0 Å². The number of halogens is 1. The van der Waals surface area contributed by atoms with Gasteiger partial charge >= 0.3 is 0 Å². The van der Waals surface area contributed by atoms with Crippen LogP contribution in [-0.4, -0.2) is 29.2 Å². The van der Waals surface area contributed by atoms with Crippen molar-refractivity contribution in [3.8, 4) is 0 Å². The van der Waals surface area contributed by atoms with Crippen LogP contribution in [0.2, 0.25) is 5.02 Å². The third-order valence-electron chi connectivity index (χ3n) is 2.05.